The Morgan fingerprint density at radius 1 is 1.57 bits per heavy atom. The quantitative estimate of drug-likeness (QED) is 0.731. The summed E-state index contributed by atoms with van der Waals surface area (Å²) in [5.74, 6) is -0.308. The van der Waals surface area contributed by atoms with Crippen LogP contribution in [-0.2, 0) is 19.1 Å². The van der Waals surface area contributed by atoms with Gasteiger partial charge in [-0.3, -0.25) is 14.6 Å². The van der Waals surface area contributed by atoms with Crippen molar-refractivity contribution < 1.29 is 9.90 Å². The lowest BCUT2D eigenvalue weighted by molar-refractivity contribution is 0.0524. The molecule has 0 fully saturated rings. The first-order chi connectivity index (χ1) is 9.92. The number of carbonyl (C=O) groups is 1. The molecular formula is C14H21N5O2. The van der Waals surface area contributed by atoms with E-state index in [9.17, 15) is 9.90 Å². The number of hydrogen-bond acceptors (Lipinski definition) is 4. The fraction of sp³-hybridized carbons (Fsp3) is 0.500. The van der Waals surface area contributed by atoms with Gasteiger partial charge < -0.3 is 10.4 Å². The van der Waals surface area contributed by atoms with Gasteiger partial charge in [-0.05, 0) is 19.4 Å². The zero-order valence-corrected chi connectivity index (χ0v) is 12.6. The van der Waals surface area contributed by atoms with E-state index in [2.05, 4.69) is 27.5 Å². The zero-order chi connectivity index (χ0) is 15.5. The molecule has 1 amide bonds. The van der Waals surface area contributed by atoms with Gasteiger partial charge in [0.2, 0.25) is 0 Å². The van der Waals surface area contributed by atoms with Crippen molar-refractivity contribution in [3.63, 3.8) is 0 Å². The van der Waals surface area contributed by atoms with Gasteiger partial charge in [0.05, 0.1) is 12.7 Å². The Hall–Kier alpha value is -2.15. The van der Waals surface area contributed by atoms with Gasteiger partial charge in [0.15, 0.2) is 0 Å². The maximum Gasteiger partial charge on any atom is 0.271 e. The van der Waals surface area contributed by atoms with Gasteiger partial charge in [0.25, 0.3) is 5.91 Å². The fourth-order valence-corrected chi connectivity index (χ4v) is 2.02. The fourth-order valence-electron chi connectivity index (χ4n) is 2.02. The van der Waals surface area contributed by atoms with Crippen LogP contribution in [0.5, 0.6) is 0 Å². The molecule has 0 saturated carbocycles. The van der Waals surface area contributed by atoms with Gasteiger partial charge in [0.1, 0.15) is 11.3 Å². The predicted molar refractivity (Wildman–Crippen MR) is 77.7 cm³/mol. The summed E-state index contributed by atoms with van der Waals surface area (Å²) in [7, 11) is 1.77. The SMILES string of the molecule is CCCc1cc(C(=O)NCC(C)(O)c2cnn(C)c2)n[nH]1. The lowest BCUT2D eigenvalue weighted by Crippen LogP contribution is -2.38. The number of carbonyl (C=O) groups excluding carboxylic acids is 1. The standard InChI is InChI=1S/C14H21N5O2/c1-4-5-11-6-12(18-17-11)13(20)15-9-14(2,21)10-7-16-19(3)8-10/h6-8,21H,4-5,9H2,1-3H3,(H,15,20)(H,17,18). The molecule has 0 aliphatic rings. The van der Waals surface area contributed by atoms with E-state index in [4.69, 9.17) is 0 Å². The number of H-pyrrole nitrogens is 1. The lowest BCUT2D eigenvalue weighted by atomic mass is 10.00. The highest BCUT2D eigenvalue weighted by atomic mass is 16.3. The maximum absolute atomic E-state index is 12.0. The number of rotatable bonds is 6. The topological polar surface area (TPSA) is 95.8 Å². The molecule has 0 spiro atoms. The molecule has 3 N–H and O–H groups in total. The summed E-state index contributed by atoms with van der Waals surface area (Å²) >= 11 is 0. The van der Waals surface area contributed by atoms with E-state index in [0.29, 0.717) is 11.3 Å². The smallest absolute Gasteiger partial charge is 0.271 e. The van der Waals surface area contributed by atoms with Crippen molar-refractivity contribution in [2.45, 2.75) is 32.3 Å². The van der Waals surface area contributed by atoms with Crippen LogP contribution in [0.3, 0.4) is 0 Å². The van der Waals surface area contributed by atoms with Crippen molar-refractivity contribution in [2.75, 3.05) is 6.54 Å². The first kappa shape index (κ1) is 15.2. The van der Waals surface area contributed by atoms with Crippen LogP contribution >= 0.6 is 0 Å². The molecule has 0 bridgehead atoms. The minimum atomic E-state index is -1.17. The molecule has 2 aromatic rings. The highest BCUT2D eigenvalue weighted by Gasteiger charge is 2.26. The van der Waals surface area contributed by atoms with Crippen molar-refractivity contribution in [1.29, 1.82) is 0 Å². The number of aromatic amines is 1. The third kappa shape index (κ3) is 3.69. The number of nitrogens with zero attached hydrogens (tertiary/aromatic N) is 3. The van der Waals surface area contributed by atoms with E-state index in [0.717, 1.165) is 18.5 Å². The Bertz CT molecular complexity index is 614. The van der Waals surface area contributed by atoms with Crippen LogP contribution in [-0.4, -0.2) is 37.5 Å². The van der Waals surface area contributed by atoms with Gasteiger partial charge in [-0.1, -0.05) is 13.3 Å². The molecule has 0 radical (unpaired) electrons. The third-order valence-corrected chi connectivity index (χ3v) is 3.30. The summed E-state index contributed by atoms with van der Waals surface area (Å²) < 4.78 is 1.61. The minimum absolute atomic E-state index is 0.0908. The first-order valence-corrected chi connectivity index (χ1v) is 6.96. The largest absolute Gasteiger partial charge is 0.383 e. The van der Waals surface area contributed by atoms with Crippen LogP contribution in [0.4, 0.5) is 0 Å². The van der Waals surface area contributed by atoms with E-state index in [-0.39, 0.29) is 12.5 Å². The van der Waals surface area contributed by atoms with E-state index in [1.807, 2.05) is 0 Å². The average molecular weight is 291 g/mol. The number of aromatic nitrogens is 4. The van der Waals surface area contributed by atoms with Crippen molar-refractivity contribution in [2.24, 2.45) is 7.05 Å². The maximum atomic E-state index is 12.0. The van der Waals surface area contributed by atoms with Crippen LogP contribution in [0.1, 0.15) is 42.0 Å². The molecular weight excluding hydrogens is 270 g/mol. The van der Waals surface area contributed by atoms with Gasteiger partial charge in [-0.15, -0.1) is 0 Å². The Kier molecular flexibility index (Phi) is 4.42. The Labute approximate surface area is 123 Å². The second-order valence-electron chi connectivity index (χ2n) is 5.39. The molecule has 1 unspecified atom stereocenters. The molecule has 7 nitrogen and oxygen atoms in total. The molecule has 0 saturated heterocycles. The van der Waals surface area contributed by atoms with Crippen molar-refractivity contribution in [3.8, 4) is 0 Å². The molecule has 7 heteroatoms. The third-order valence-electron chi connectivity index (χ3n) is 3.30. The molecule has 21 heavy (non-hydrogen) atoms. The minimum Gasteiger partial charge on any atom is -0.383 e. The van der Waals surface area contributed by atoms with Crippen LogP contribution in [0.2, 0.25) is 0 Å². The van der Waals surface area contributed by atoms with Crippen LogP contribution in [0.25, 0.3) is 0 Å². The molecule has 114 valence electrons. The lowest BCUT2D eigenvalue weighted by Gasteiger charge is -2.21. The Morgan fingerprint density at radius 2 is 2.33 bits per heavy atom. The highest BCUT2D eigenvalue weighted by Crippen LogP contribution is 2.18. The summed E-state index contributed by atoms with van der Waals surface area (Å²) in [6.45, 7) is 3.79. The normalized spacial score (nSPS) is 13.9. The van der Waals surface area contributed by atoms with E-state index in [1.165, 1.54) is 0 Å². The molecule has 2 aromatic heterocycles. The van der Waals surface area contributed by atoms with E-state index >= 15 is 0 Å². The second kappa shape index (κ2) is 6.09. The summed E-state index contributed by atoms with van der Waals surface area (Å²) in [5, 5.41) is 23.9. The van der Waals surface area contributed by atoms with Crippen LogP contribution in [0.15, 0.2) is 18.5 Å². The van der Waals surface area contributed by atoms with Gasteiger partial charge in [-0.2, -0.15) is 10.2 Å². The average Bonchev–Trinajstić information content (AvgIpc) is 3.06. The summed E-state index contributed by atoms with van der Waals surface area (Å²) in [4.78, 5) is 12.0. The number of nitrogens with one attached hydrogen (secondary N) is 2. The molecule has 2 rings (SSSR count). The Morgan fingerprint density at radius 3 is 2.95 bits per heavy atom. The van der Waals surface area contributed by atoms with Crippen molar-refractivity contribution >= 4 is 5.91 Å². The van der Waals surface area contributed by atoms with Crippen molar-refractivity contribution in [1.82, 2.24) is 25.3 Å². The first-order valence-electron chi connectivity index (χ1n) is 6.96. The van der Waals surface area contributed by atoms with Gasteiger partial charge in [-0.25, -0.2) is 0 Å². The number of aryl methyl sites for hydroxylation is 2. The summed E-state index contributed by atoms with van der Waals surface area (Å²) in [6.07, 6.45) is 5.15. The van der Waals surface area contributed by atoms with Gasteiger partial charge >= 0.3 is 0 Å². The highest BCUT2D eigenvalue weighted by molar-refractivity contribution is 5.92. The van der Waals surface area contributed by atoms with Gasteiger partial charge in [0, 0.05) is 24.5 Å². The van der Waals surface area contributed by atoms with E-state index in [1.54, 1.807) is 37.1 Å². The monoisotopic (exact) mass is 291 g/mol. The van der Waals surface area contributed by atoms with Crippen LogP contribution in [0, 0.1) is 0 Å². The number of hydrogen-bond donors (Lipinski definition) is 3. The summed E-state index contributed by atoms with van der Waals surface area (Å²) in [5.41, 5.74) is 0.744. The Balaban J connectivity index is 1.96. The molecule has 0 aliphatic carbocycles. The number of aliphatic hydroxyl groups is 1. The molecule has 0 aliphatic heterocycles. The second-order valence-corrected chi connectivity index (χ2v) is 5.39. The number of amides is 1. The van der Waals surface area contributed by atoms with Crippen molar-refractivity contribution in [3.05, 3.63) is 35.4 Å². The zero-order valence-electron chi connectivity index (χ0n) is 12.6. The molecule has 2 heterocycles. The molecule has 0 aromatic carbocycles. The van der Waals surface area contributed by atoms with Crippen LogP contribution < -0.4 is 5.32 Å². The predicted octanol–water partition coefficient (Wildman–Crippen LogP) is 0.733. The summed E-state index contributed by atoms with van der Waals surface area (Å²) in [6, 6.07) is 1.73. The molecule has 1 atom stereocenters. The van der Waals surface area contributed by atoms with E-state index < -0.39 is 5.60 Å².